The van der Waals surface area contributed by atoms with Crippen LogP contribution in [0, 0.1) is 0 Å². The van der Waals surface area contributed by atoms with Gasteiger partial charge in [0.15, 0.2) is 0 Å². The van der Waals surface area contributed by atoms with Gasteiger partial charge in [-0.05, 0) is 26.0 Å². The first-order valence-electron chi connectivity index (χ1n) is 5.42. The Morgan fingerprint density at radius 3 is 2.41 bits per heavy atom. The van der Waals surface area contributed by atoms with Crippen molar-refractivity contribution < 1.29 is 14.7 Å². The fourth-order valence-electron chi connectivity index (χ4n) is 1.53. The van der Waals surface area contributed by atoms with E-state index >= 15 is 0 Å². The lowest BCUT2D eigenvalue weighted by Gasteiger charge is -2.25. The monoisotopic (exact) mass is 236 g/mol. The lowest BCUT2D eigenvalue weighted by Crippen LogP contribution is -2.47. The molecule has 1 aromatic rings. The molecule has 1 aromatic carbocycles. The summed E-state index contributed by atoms with van der Waals surface area (Å²) in [5.74, 6) is -0.307. The summed E-state index contributed by atoms with van der Waals surface area (Å²) in [6.45, 7) is 3.83. The molecule has 0 fully saturated rings. The van der Waals surface area contributed by atoms with Gasteiger partial charge in [-0.2, -0.15) is 0 Å². The van der Waals surface area contributed by atoms with Gasteiger partial charge in [0.25, 0.3) is 0 Å². The molecule has 0 aliphatic rings. The summed E-state index contributed by atoms with van der Waals surface area (Å²) in [6.07, 6.45) is -1.14. The highest BCUT2D eigenvalue weighted by atomic mass is 16.4. The molecule has 0 aliphatic carbocycles. The second kappa shape index (κ2) is 5.89. The van der Waals surface area contributed by atoms with Crippen LogP contribution in [0.15, 0.2) is 30.3 Å². The zero-order valence-corrected chi connectivity index (χ0v) is 9.88. The zero-order chi connectivity index (χ0) is 12.8. The third kappa shape index (κ3) is 3.21. The number of nitrogens with one attached hydrogen (secondary N) is 1. The number of hydrogen-bond donors (Lipinski definition) is 2. The Kier molecular flexibility index (Phi) is 4.51. The Labute approximate surface area is 100 Å². The van der Waals surface area contributed by atoms with Crippen LogP contribution in [0.1, 0.15) is 13.8 Å². The van der Waals surface area contributed by atoms with Crippen molar-refractivity contribution in [1.29, 1.82) is 0 Å². The van der Waals surface area contributed by atoms with Crippen molar-refractivity contribution in [1.82, 2.24) is 5.32 Å². The topological polar surface area (TPSA) is 69.6 Å². The predicted molar refractivity (Wildman–Crippen MR) is 65.1 cm³/mol. The molecule has 1 atom stereocenters. The van der Waals surface area contributed by atoms with Crippen LogP contribution in [0.4, 0.5) is 10.5 Å². The van der Waals surface area contributed by atoms with Gasteiger partial charge in [0.1, 0.15) is 6.04 Å². The molecule has 92 valence electrons. The Hall–Kier alpha value is -2.04. The Bertz CT molecular complexity index is 392. The van der Waals surface area contributed by atoms with Crippen LogP contribution in [0.5, 0.6) is 0 Å². The SMILES string of the molecule is CCNC(=O)[C@@H](C)N(C(=O)O)c1ccccc1. The van der Waals surface area contributed by atoms with Gasteiger partial charge in [-0.1, -0.05) is 18.2 Å². The Morgan fingerprint density at radius 1 is 1.35 bits per heavy atom. The molecule has 0 radical (unpaired) electrons. The largest absolute Gasteiger partial charge is 0.465 e. The second-order valence-corrected chi connectivity index (χ2v) is 3.56. The van der Waals surface area contributed by atoms with Crippen LogP contribution in [0.2, 0.25) is 0 Å². The lowest BCUT2D eigenvalue weighted by molar-refractivity contribution is -0.121. The number of likely N-dealkylation sites (N-methyl/N-ethyl adjacent to an activating group) is 1. The number of hydrogen-bond acceptors (Lipinski definition) is 2. The highest BCUT2D eigenvalue weighted by molar-refractivity contribution is 5.96. The number of benzene rings is 1. The molecule has 0 bridgehead atoms. The summed E-state index contributed by atoms with van der Waals surface area (Å²) in [7, 11) is 0. The van der Waals surface area contributed by atoms with Crippen LogP contribution in [0.25, 0.3) is 0 Å². The van der Waals surface area contributed by atoms with E-state index in [1.807, 2.05) is 0 Å². The van der Waals surface area contributed by atoms with Crippen LogP contribution in [-0.2, 0) is 4.79 Å². The molecule has 0 heterocycles. The van der Waals surface area contributed by atoms with E-state index in [0.29, 0.717) is 12.2 Å². The number of nitrogens with zero attached hydrogens (tertiary/aromatic N) is 1. The van der Waals surface area contributed by atoms with Crippen LogP contribution in [-0.4, -0.2) is 29.7 Å². The molecule has 17 heavy (non-hydrogen) atoms. The number of carboxylic acid groups (broad SMARTS) is 1. The molecule has 0 saturated carbocycles. The zero-order valence-electron chi connectivity index (χ0n) is 9.88. The Morgan fingerprint density at radius 2 is 1.94 bits per heavy atom. The molecule has 5 heteroatoms. The third-order valence-electron chi connectivity index (χ3n) is 2.36. The molecule has 0 saturated heterocycles. The third-order valence-corrected chi connectivity index (χ3v) is 2.36. The van der Waals surface area contributed by atoms with Gasteiger partial charge in [-0.3, -0.25) is 9.69 Å². The quantitative estimate of drug-likeness (QED) is 0.835. The number of carbonyl (C=O) groups is 2. The fourth-order valence-corrected chi connectivity index (χ4v) is 1.53. The molecule has 2 N–H and O–H groups in total. The highest BCUT2D eigenvalue weighted by Gasteiger charge is 2.26. The first-order valence-corrected chi connectivity index (χ1v) is 5.42. The predicted octanol–water partition coefficient (Wildman–Crippen LogP) is 1.70. The number of amides is 2. The highest BCUT2D eigenvalue weighted by Crippen LogP contribution is 2.16. The smallest absolute Gasteiger partial charge is 0.412 e. The van der Waals surface area contributed by atoms with Crippen molar-refractivity contribution >= 4 is 17.7 Å². The van der Waals surface area contributed by atoms with Gasteiger partial charge in [0.05, 0.1) is 0 Å². The van der Waals surface area contributed by atoms with Crippen molar-refractivity contribution in [2.75, 3.05) is 11.4 Å². The average molecular weight is 236 g/mol. The van der Waals surface area contributed by atoms with E-state index < -0.39 is 12.1 Å². The summed E-state index contributed by atoms with van der Waals surface area (Å²) in [5.41, 5.74) is 0.485. The number of para-hydroxylation sites is 1. The van der Waals surface area contributed by atoms with Crippen molar-refractivity contribution in [3.63, 3.8) is 0 Å². The van der Waals surface area contributed by atoms with E-state index in [1.54, 1.807) is 44.2 Å². The van der Waals surface area contributed by atoms with E-state index in [1.165, 1.54) is 0 Å². The van der Waals surface area contributed by atoms with Crippen LogP contribution < -0.4 is 10.2 Å². The van der Waals surface area contributed by atoms with Gasteiger partial charge in [-0.15, -0.1) is 0 Å². The maximum Gasteiger partial charge on any atom is 0.412 e. The van der Waals surface area contributed by atoms with Crippen molar-refractivity contribution in [2.24, 2.45) is 0 Å². The number of carbonyl (C=O) groups excluding carboxylic acids is 1. The maximum atomic E-state index is 11.6. The number of rotatable bonds is 4. The van der Waals surface area contributed by atoms with Gasteiger partial charge in [-0.25, -0.2) is 4.79 Å². The normalized spacial score (nSPS) is 11.6. The molecule has 0 aliphatic heterocycles. The summed E-state index contributed by atoms with van der Waals surface area (Å²) in [4.78, 5) is 23.9. The minimum absolute atomic E-state index is 0.307. The number of anilines is 1. The molecular formula is C12H16N2O3. The molecule has 5 nitrogen and oxygen atoms in total. The van der Waals surface area contributed by atoms with E-state index in [9.17, 15) is 9.59 Å². The van der Waals surface area contributed by atoms with Gasteiger partial charge >= 0.3 is 6.09 Å². The lowest BCUT2D eigenvalue weighted by atomic mass is 10.2. The minimum atomic E-state index is -1.14. The summed E-state index contributed by atoms with van der Waals surface area (Å²) >= 11 is 0. The summed E-state index contributed by atoms with van der Waals surface area (Å²) in [5, 5.41) is 11.8. The molecule has 1 rings (SSSR count). The Balaban J connectivity index is 2.94. The second-order valence-electron chi connectivity index (χ2n) is 3.56. The van der Waals surface area contributed by atoms with Crippen LogP contribution in [0.3, 0.4) is 0 Å². The minimum Gasteiger partial charge on any atom is -0.465 e. The van der Waals surface area contributed by atoms with Crippen molar-refractivity contribution in [3.8, 4) is 0 Å². The van der Waals surface area contributed by atoms with E-state index in [-0.39, 0.29) is 5.91 Å². The maximum absolute atomic E-state index is 11.6. The first-order chi connectivity index (χ1) is 8.07. The van der Waals surface area contributed by atoms with E-state index in [0.717, 1.165) is 4.90 Å². The molecule has 0 spiro atoms. The van der Waals surface area contributed by atoms with E-state index in [4.69, 9.17) is 5.11 Å². The van der Waals surface area contributed by atoms with Crippen molar-refractivity contribution in [3.05, 3.63) is 30.3 Å². The first kappa shape index (κ1) is 13.0. The molecule has 2 amide bonds. The molecular weight excluding hydrogens is 220 g/mol. The summed E-state index contributed by atoms with van der Waals surface area (Å²) < 4.78 is 0. The van der Waals surface area contributed by atoms with Gasteiger partial charge in [0, 0.05) is 12.2 Å². The van der Waals surface area contributed by atoms with Gasteiger partial charge in [0.2, 0.25) is 5.91 Å². The molecule has 0 aromatic heterocycles. The standard InChI is InChI=1S/C12H16N2O3/c1-3-13-11(15)9(2)14(12(16)17)10-7-5-4-6-8-10/h4-9H,3H2,1-2H3,(H,13,15)(H,16,17)/t9-/m1/s1. The molecule has 0 unspecified atom stereocenters. The van der Waals surface area contributed by atoms with Gasteiger partial charge < -0.3 is 10.4 Å². The summed E-state index contributed by atoms with van der Waals surface area (Å²) in [6, 6.07) is 7.81. The van der Waals surface area contributed by atoms with Crippen LogP contribution >= 0.6 is 0 Å². The fraction of sp³-hybridized carbons (Fsp3) is 0.333. The average Bonchev–Trinajstić information content (AvgIpc) is 2.30. The van der Waals surface area contributed by atoms with Crippen molar-refractivity contribution in [2.45, 2.75) is 19.9 Å². The van der Waals surface area contributed by atoms with E-state index in [2.05, 4.69) is 5.32 Å².